The molecule has 2 fully saturated rings. The van der Waals surface area contributed by atoms with Gasteiger partial charge in [0.15, 0.2) is 0 Å². The number of hydrogen-bond donors (Lipinski definition) is 2. The summed E-state index contributed by atoms with van der Waals surface area (Å²) in [5.41, 5.74) is 0. The molecule has 2 aliphatic heterocycles. The second kappa shape index (κ2) is 9.74. The summed E-state index contributed by atoms with van der Waals surface area (Å²) in [6, 6.07) is 0. The first kappa shape index (κ1) is 17.2. The Bertz CT molecular complexity index is 264. The van der Waals surface area contributed by atoms with Gasteiger partial charge in [-0.25, -0.2) is 0 Å². The van der Waals surface area contributed by atoms with Gasteiger partial charge in [-0.1, -0.05) is 0 Å². The van der Waals surface area contributed by atoms with Crippen LogP contribution in [0, 0.1) is 5.92 Å². The van der Waals surface area contributed by atoms with Crippen LogP contribution < -0.4 is 5.32 Å². The minimum absolute atomic E-state index is 0.245. The molecular formula is C16H32N2O3. The molecule has 0 spiro atoms. The molecule has 2 atom stereocenters. The van der Waals surface area contributed by atoms with Crippen LogP contribution in [-0.2, 0) is 9.47 Å². The molecular weight excluding hydrogens is 268 g/mol. The van der Waals surface area contributed by atoms with Crippen LogP contribution in [-0.4, -0.2) is 75.3 Å². The molecule has 0 aromatic heterocycles. The number of rotatable bonds is 9. The highest BCUT2D eigenvalue weighted by Crippen LogP contribution is 2.18. The monoisotopic (exact) mass is 300 g/mol. The largest absolute Gasteiger partial charge is 0.389 e. The third-order valence-corrected chi connectivity index (χ3v) is 4.59. The van der Waals surface area contributed by atoms with Crippen molar-refractivity contribution < 1.29 is 14.6 Å². The lowest BCUT2D eigenvalue weighted by atomic mass is 9.94. The van der Waals surface area contributed by atoms with Crippen molar-refractivity contribution in [2.75, 3.05) is 53.0 Å². The Kier molecular flexibility index (Phi) is 7.96. The lowest BCUT2D eigenvalue weighted by Crippen LogP contribution is -2.34. The van der Waals surface area contributed by atoms with Crippen LogP contribution in [0.4, 0.5) is 0 Å². The summed E-state index contributed by atoms with van der Waals surface area (Å²) in [7, 11) is 2.20. The van der Waals surface area contributed by atoms with Crippen molar-refractivity contribution in [3.05, 3.63) is 0 Å². The van der Waals surface area contributed by atoms with E-state index in [1.54, 1.807) is 0 Å². The van der Waals surface area contributed by atoms with E-state index in [0.29, 0.717) is 19.8 Å². The molecule has 5 heteroatoms. The Labute approximate surface area is 129 Å². The first-order valence-corrected chi connectivity index (χ1v) is 8.50. The Morgan fingerprint density at radius 1 is 1.33 bits per heavy atom. The normalized spacial score (nSPS) is 26.3. The molecule has 21 heavy (non-hydrogen) atoms. The molecule has 0 bridgehead atoms. The van der Waals surface area contributed by atoms with E-state index in [2.05, 4.69) is 17.3 Å². The third kappa shape index (κ3) is 7.06. The molecule has 0 amide bonds. The molecule has 2 unspecified atom stereocenters. The van der Waals surface area contributed by atoms with Crippen molar-refractivity contribution in [2.24, 2.45) is 5.92 Å². The number of aliphatic hydroxyl groups excluding tert-OH is 1. The first-order chi connectivity index (χ1) is 10.2. The quantitative estimate of drug-likeness (QED) is 0.619. The maximum atomic E-state index is 9.86. The molecule has 2 saturated heterocycles. The Hall–Kier alpha value is -0.200. The van der Waals surface area contributed by atoms with Crippen LogP contribution in [0.3, 0.4) is 0 Å². The minimum Gasteiger partial charge on any atom is -0.389 e. The predicted octanol–water partition coefficient (Wildman–Crippen LogP) is 0.864. The number of nitrogens with one attached hydrogen (secondary N) is 1. The van der Waals surface area contributed by atoms with E-state index in [9.17, 15) is 5.11 Å². The average molecular weight is 300 g/mol. The summed E-state index contributed by atoms with van der Waals surface area (Å²) >= 11 is 0. The highest BCUT2D eigenvalue weighted by Gasteiger charge is 2.17. The molecule has 0 aromatic rings. The van der Waals surface area contributed by atoms with Crippen molar-refractivity contribution in [3.63, 3.8) is 0 Å². The standard InChI is InChI=1S/C16H32N2O3/c1-18-8-5-14(6-9-18)4-7-17-11-15(19)12-20-13-16-3-2-10-21-16/h14-17,19H,2-13H2,1H3. The zero-order valence-electron chi connectivity index (χ0n) is 13.4. The van der Waals surface area contributed by atoms with Gasteiger partial charge in [-0.2, -0.15) is 0 Å². The van der Waals surface area contributed by atoms with E-state index in [1.165, 1.54) is 32.4 Å². The first-order valence-electron chi connectivity index (χ1n) is 8.50. The van der Waals surface area contributed by atoms with Crippen molar-refractivity contribution >= 4 is 0 Å². The number of hydrogen-bond acceptors (Lipinski definition) is 5. The Morgan fingerprint density at radius 3 is 2.86 bits per heavy atom. The van der Waals surface area contributed by atoms with Crippen LogP contribution in [0.25, 0.3) is 0 Å². The van der Waals surface area contributed by atoms with Crippen molar-refractivity contribution in [2.45, 2.75) is 44.3 Å². The van der Waals surface area contributed by atoms with Gasteiger partial charge < -0.3 is 24.8 Å². The SMILES string of the molecule is CN1CCC(CCNCC(O)COCC2CCCO2)CC1. The van der Waals surface area contributed by atoms with E-state index in [0.717, 1.165) is 31.9 Å². The maximum Gasteiger partial charge on any atom is 0.0897 e. The second-order valence-corrected chi connectivity index (χ2v) is 6.57. The van der Waals surface area contributed by atoms with Gasteiger partial charge in [0.25, 0.3) is 0 Å². The fraction of sp³-hybridized carbons (Fsp3) is 1.00. The Balaban J connectivity index is 1.41. The number of ether oxygens (including phenoxy) is 2. The van der Waals surface area contributed by atoms with Gasteiger partial charge >= 0.3 is 0 Å². The van der Waals surface area contributed by atoms with Crippen molar-refractivity contribution in [1.29, 1.82) is 0 Å². The molecule has 2 N–H and O–H groups in total. The van der Waals surface area contributed by atoms with Gasteiger partial charge in [0, 0.05) is 13.2 Å². The van der Waals surface area contributed by atoms with Crippen molar-refractivity contribution in [3.8, 4) is 0 Å². The Morgan fingerprint density at radius 2 is 2.14 bits per heavy atom. The number of piperidine rings is 1. The van der Waals surface area contributed by atoms with Crippen LogP contribution in [0.5, 0.6) is 0 Å². The van der Waals surface area contributed by atoms with Crippen LogP contribution in [0.2, 0.25) is 0 Å². The fourth-order valence-electron chi connectivity index (χ4n) is 3.10. The van der Waals surface area contributed by atoms with Crippen LogP contribution >= 0.6 is 0 Å². The van der Waals surface area contributed by atoms with Gasteiger partial charge in [-0.05, 0) is 64.7 Å². The highest BCUT2D eigenvalue weighted by atomic mass is 16.5. The topological polar surface area (TPSA) is 54.0 Å². The van der Waals surface area contributed by atoms with Gasteiger partial charge in [0.1, 0.15) is 0 Å². The predicted molar refractivity (Wildman–Crippen MR) is 83.5 cm³/mol. The van der Waals surface area contributed by atoms with E-state index >= 15 is 0 Å². The molecule has 0 radical (unpaired) electrons. The summed E-state index contributed by atoms with van der Waals surface area (Å²) in [5, 5.41) is 13.2. The second-order valence-electron chi connectivity index (χ2n) is 6.57. The van der Waals surface area contributed by atoms with E-state index in [1.807, 2.05) is 0 Å². The zero-order valence-corrected chi connectivity index (χ0v) is 13.4. The van der Waals surface area contributed by atoms with Crippen LogP contribution in [0.15, 0.2) is 0 Å². The lowest BCUT2D eigenvalue weighted by Gasteiger charge is -2.29. The van der Waals surface area contributed by atoms with Gasteiger partial charge in [-0.15, -0.1) is 0 Å². The van der Waals surface area contributed by atoms with Crippen molar-refractivity contribution in [1.82, 2.24) is 10.2 Å². The summed E-state index contributed by atoms with van der Waals surface area (Å²) in [6.07, 6.45) is 5.90. The van der Waals surface area contributed by atoms with Gasteiger partial charge in [-0.3, -0.25) is 0 Å². The smallest absolute Gasteiger partial charge is 0.0897 e. The summed E-state index contributed by atoms with van der Waals surface area (Å²) in [5.74, 6) is 0.849. The zero-order chi connectivity index (χ0) is 14.9. The number of nitrogens with zero attached hydrogens (tertiary/aromatic N) is 1. The molecule has 2 heterocycles. The average Bonchev–Trinajstić information content (AvgIpc) is 2.99. The van der Waals surface area contributed by atoms with Crippen LogP contribution in [0.1, 0.15) is 32.1 Å². The molecule has 5 nitrogen and oxygen atoms in total. The van der Waals surface area contributed by atoms with Gasteiger partial charge in [0.05, 0.1) is 25.4 Å². The maximum absolute atomic E-state index is 9.86. The van der Waals surface area contributed by atoms with E-state index in [-0.39, 0.29) is 6.10 Å². The molecule has 0 aromatic carbocycles. The lowest BCUT2D eigenvalue weighted by molar-refractivity contribution is -0.0164. The fourth-order valence-corrected chi connectivity index (χ4v) is 3.10. The molecule has 2 rings (SSSR count). The molecule has 0 saturated carbocycles. The molecule has 0 aliphatic carbocycles. The minimum atomic E-state index is -0.413. The number of aliphatic hydroxyl groups is 1. The van der Waals surface area contributed by atoms with E-state index in [4.69, 9.17) is 9.47 Å². The van der Waals surface area contributed by atoms with E-state index < -0.39 is 6.10 Å². The summed E-state index contributed by atoms with van der Waals surface area (Å²) in [6.45, 7) is 5.95. The molecule has 124 valence electrons. The highest BCUT2D eigenvalue weighted by molar-refractivity contribution is 4.71. The molecule has 2 aliphatic rings. The number of likely N-dealkylation sites (tertiary alicyclic amines) is 1. The third-order valence-electron chi connectivity index (χ3n) is 4.59. The summed E-state index contributed by atoms with van der Waals surface area (Å²) < 4.78 is 11.0. The summed E-state index contributed by atoms with van der Waals surface area (Å²) in [4.78, 5) is 2.40. The van der Waals surface area contributed by atoms with Gasteiger partial charge in [0.2, 0.25) is 0 Å².